The molecule has 21 heavy (non-hydrogen) atoms. The third-order valence-corrected chi connectivity index (χ3v) is 5.45. The Morgan fingerprint density at radius 1 is 1.05 bits per heavy atom. The Kier molecular flexibility index (Phi) is 8.26. The van der Waals surface area contributed by atoms with E-state index in [9.17, 15) is 5.11 Å². The van der Waals surface area contributed by atoms with E-state index in [4.69, 9.17) is 0 Å². The zero-order valence-electron chi connectivity index (χ0n) is 15.3. The quantitative estimate of drug-likeness (QED) is 0.709. The van der Waals surface area contributed by atoms with E-state index in [1.54, 1.807) is 0 Å². The van der Waals surface area contributed by atoms with Gasteiger partial charge in [0.1, 0.15) is 0 Å². The highest BCUT2D eigenvalue weighted by Gasteiger charge is 2.32. The average molecular weight is 298 g/mol. The van der Waals surface area contributed by atoms with Crippen molar-refractivity contribution in [1.82, 2.24) is 4.90 Å². The molecule has 126 valence electrons. The summed E-state index contributed by atoms with van der Waals surface area (Å²) < 4.78 is 0. The van der Waals surface area contributed by atoms with Crippen molar-refractivity contribution in [3.63, 3.8) is 0 Å². The van der Waals surface area contributed by atoms with Gasteiger partial charge in [0.25, 0.3) is 0 Å². The van der Waals surface area contributed by atoms with Crippen LogP contribution in [0.5, 0.6) is 0 Å². The zero-order chi connectivity index (χ0) is 16.0. The minimum atomic E-state index is -0.0796. The van der Waals surface area contributed by atoms with Crippen molar-refractivity contribution in [3.05, 3.63) is 0 Å². The van der Waals surface area contributed by atoms with Gasteiger partial charge in [0.05, 0.1) is 6.10 Å². The second-order valence-corrected chi connectivity index (χ2v) is 7.96. The Balaban J connectivity index is 2.70. The second kappa shape index (κ2) is 9.15. The number of rotatable bonds is 8. The van der Waals surface area contributed by atoms with Gasteiger partial charge < -0.3 is 5.11 Å². The molecular formula is C19H39NO. The van der Waals surface area contributed by atoms with Crippen molar-refractivity contribution in [3.8, 4) is 0 Å². The molecule has 2 heteroatoms. The normalized spacial score (nSPS) is 27.3. The van der Waals surface area contributed by atoms with Gasteiger partial charge in [-0.05, 0) is 55.8 Å². The van der Waals surface area contributed by atoms with Gasteiger partial charge >= 0.3 is 0 Å². The summed E-state index contributed by atoms with van der Waals surface area (Å²) in [6, 6.07) is 0.680. The van der Waals surface area contributed by atoms with Gasteiger partial charge in [-0.2, -0.15) is 0 Å². The summed E-state index contributed by atoms with van der Waals surface area (Å²) in [7, 11) is 0. The molecule has 1 saturated carbocycles. The van der Waals surface area contributed by atoms with Crippen molar-refractivity contribution in [2.75, 3.05) is 13.1 Å². The van der Waals surface area contributed by atoms with Gasteiger partial charge in [0.2, 0.25) is 0 Å². The first-order valence-corrected chi connectivity index (χ1v) is 9.31. The van der Waals surface area contributed by atoms with Crippen LogP contribution in [-0.2, 0) is 0 Å². The molecule has 3 unspecified atom stereocenters. The van der Waals surface area contributed by atoms with E-state index in [2.05, 4.69) is 46.4 Å². The summed E-state index contributed by atoms with van der Waals surface area (Å²) in [5.41, 5.74) is 0. The first-order chi connectivity index (χ1) is 9.88. The van der Waals surface area contributed by atoms with E-state index >= 15 is 0 Å². The summed E-state index contributed by atoms with van der Waals surface area (Å²) in [6.45, 7) is 16.2. The third-order valence-electron chi connectivity index (χ3n) is 5.45. The van der Waals surface area contributed by atoms with Gasteiger partial charge in [0, 0.05) is 19.1 Å². The Morgan fingerprint density at radius 3 is 2.14 bits per heavy atom. The molecule has 0 spiro atoms. The van der Waals surface area contributed by atoms with E-state index in [1.165, 1.54) is 32.2 Å². The molecule has 0 heterocycles. The fraction of sp³-hybridized carbons (Fsp3) is 1.00. The van der Waals surface area contributed by atoms with Crippen molar-refractivity contribution in [2.45, 2.75) is 85.8 Å². The molecule has 1 fully saturated rings. The van der Waals surface area contributed by atoms with Crippen LogP contribution in [0.25, 0.3) is 0 Å². The van der Waals surface area contributed by atoms with Crippen LogP contribution in [-0.4, -0.2) is 35.2 Å². The molecule has 1 aliphatic carbocycles. The van der Waals surface area contributed by atoms with E-state index in [0.29, 0.717) is 17.9 Å². The smallest absolute Gasteiger partial charge is 0.0580 e. The van der Waals surface area contributed by atoms with Gasteiger partial charge in [-0.3, -0.25) is 4.90 Å². The molecule has 1 aliphatic rings. The number of hydrogen-bond donors (Lipinski definition) is 1. The number of aliphatic hydroxyl groups is 1. The molecule has 0 aliphatic heterocycles. The summed E-state index contributed by atoms with van der Waals surface area (Å²) in [5, 5.41) is 10.5. The molecule has 0 bridgehead atoms. The van der Waals surface area contributed by atoms with Crippen LogP contribution < -0.4 is 0 Å². The lowest BCUT2D eigenvalue weighted by Crippen LogP contribution is -2.45. The Bertz CT molecular complexity index is 273. The van der Waals surface area contributed by atoms with E-state index in [0.717, 1.165) is 24.8 Å². The lowest BCUT2D eigenvalue weighted by Gasteiger charge is -2.41. The Hall–Kier alpha value is -0.0800. The lowest BCUT2D eigenvalue weighted by atomic mass is 9.74. The maximum Gasteiger partial charge on any atom is 0.0580 e. The number of nitrogens with zero attached hydrogens (tertiary/aromatic N) is 1. The molecule has 0 saturated heterocycles. The Labute approximate surface area is 133 Å². The highest BCUT2D eigenvalue weighted by Crippen LogP contribution is 2.35. The van der Waals surface area contributed by atoms with Gasteiger partial charge in [-0.25, -0.2) is 0 Å². The lowest BCUT2D eigenvalue weighted by molar-refractivity contribution is 0.00714. The first kappa shape index (κ1) is 19.0. The minimum Gasteiger partial charge on any atom is -0.393 e. The van der Waals surface area contributed by atoms with Crippen LogP contribution in [0, 0.1) is 23.7 Å². The van der Waals surface area contributed by atoms with E-state index in [-0.39, 0.29) is 6.10 Å². The van der Waals surface area contributed by atoms with Crippen LogP contribution in [0.2, 0.25) is 0 Å². The van der Waals surface area contributed by atoms with Gasteiger partial charge in [0.15, 0.2) is 0 Å². The topological polar surface area (TPSA) is 23.5 Å². The van der Waals surface area contributed by atoms with Crippen molar-refractivity contribution in [1.29, 1.82) is 0 Å². The first-order valence-electron chi connectivity index (χ1n) is 9.31. The molecule has 0 aromatic carbocycles. The third kappa shape index (κ3) is 5.90. The summed E-state index contributed by atoms with van der Waals surface area (Å²) in [6.07, 6.45) is 5.80. The molecule has 3 atom stereocenters. The highest BCUT2D eigenvalue weighted by molar-refractivity contribution is 4.85. The predicted octanol–water partition coefficient (Wildman–Crippen LogP) is 4.57. The maximum atomic E-state index is 10.5. The monoisotopic (exact) mass is 297 g/mol. The SMILES string of the molecule is CCC(CC)N(CC(C)C)CC1CC(C(C)C)CCC1O. The van der Waals surface area contributed by atoms with Crippen LogP contribution in [0.3, 0.4) is 0 Å². The molecule has 1 rings (SSSR count). The highest BCUT2D eigenvalue weighted by atomic mass is 16.3. The van der Waals surface area contributed by atoms with Gasteiger partial charge in [-0.1, -0.05) is 41.5 Å². The number of aliphatic hydroxyl groups excluding tert-OH is 1. The van der Waals surface area contributed by atoms with Crippen LogP contribution in [0.15, 0.2) is 0 Å². The Morgan fingerprint density at radius 2 is 1.67 bits per heavy atom. The van der Waals surface area contributed by atoms with Crippen molar-refractivity contribution >= 4 is 0 Å². The van der Waals surface area contributed by atoms with Crippen LogP contribution in [0.4, 0.5) is 0 Å². The standard InChI is InChI=1S/C19H39NO/c1-7-18(8-2)20(12-14(3)4)13-17-11-16(15(5)6)9-10-19(17)21/h14-19,21H,7-13H2,1-6H3. The molecule has 1 N–H and O–H groups in total. The van der Waals surface area contributed by atoms with Crippen molar-refractivity contribution in [2.24, 2.45) is 23.7 Å². The largest absolute Gasteiger partial charge is 0.393 e. The average Bonchev–Trinajstić information content (AvgIpc) is 2.41. The summed E-state index contributed by atoms with van der Waals surface area (Å²) >= 11 is 0. The molecule has 0 radical (unpaired) electrons. The molecule has 0 amide bonds. The van der Waals surface area contributed by atoms with E-state index in [1.807, 2.05) is 0 Å². The van der Waals surface area contributed by atoms with Crippen molar-refractivity contribution < 1.29 is 5.11 Å². The fourth-order valence-corrected chi connectivity index (χ4v) is 4.03. The zero-order valence-corrected chi connectivity index (χ0v) is 15.3. The van der Waals surface area contributed by atoms with Crippen LogP contribution in [0.1, 0.15) is 73.6 Å². The molecule has 2 nitrogen and oxygen atoms in total. The molecule has 0 aromatic rings. The predicted molar refractivity (Wildman–Crippen MR) is 92.5 cm³/mol. The molecular weight excluding hydrogens is 258 g/mol. The van der Waals surface area contributed by atoms with Crippen LogP contribution >= 0.6 is 0 Å². The summed E-state index contributed by atoms with van der Waals surface area (Å²) in [4.78, 5) is 2.67. The number of hydrogen-bond acceptors (Lipinski definition) is 2. The second-order valence-electron chi connectivity index (χ2n) is 7.96. The van der Waals surface area contributed by atoms with Gasteiger partial charge in [-0.15, -0.1) is 0 Å². The minimum absolute atomic E-state index is 0.0796. The molecule has 0 aromatic heterocycles. The summed E-state index contributed by atoms with van der Waals surface area (Å²) in [5.74, 6) is 2.74. The fourth-order valence-electron chi connectivity index (χ4n) is 4.03. The van der Waals surface area contributed by atoms with E-state index < -0.39 is 0 Å². The maximum absolute atomic E-state index is 10.5.